The van der Waals surface area contributed by atoms with Crippen molar-refractivity contribution in [2.45, 2.75) is 26.1 Å². The van der Waals surface area contributed by atoms with Crippen LogP contribution in [0.2, 0.25) is 0 Å². The van der Waals surface area contributed by atoms with E-state index in [2.05, 4.69) is 0 Å². The van der Waals surface area contributed by atoms with E-state index in [-0.39, 0.29) is 13.1 Å². The number of carbonyl (C=O) groups excluding carboxylic acids is 1. The maximum Gasteiger partial charge on any atom is 0.314 e. The molecule has 0 bridgehead atoms. The van der Waals surface area contributed by atoms with E-state index in [4.69, 9.17) is 15.9 Å². The van der Waals surface area contributed by atoms with Crippen LogP contribution in [0, 0.1) is 0 Å². The molecule has 0 saturated carbocycles. The Balaban J connectivity index is 3.96. The van der Waals surface area contributed by atoms with Crippen molar-refractivity contribution < 1.29 is 15.0 Å². The fourth-order valence-electron chi connectivity index (χ4n) is 0.892. The van der Waals surface area contributed by atoms with Gasteiger partial charge in [-0.3, -0.25) is 0 Å². The van der Waals surface area contributed by atoms with Gasteiger partial charge in [0.05, 0.1) is 12.2 Å². The van der Waals surface area contributed by atoms with Gasteiger partial charge < -0.3 is 20.8 Å². The van der Waals surface area contributed by atoms with Gasteiger partial charge in [-0.2, -0.15) is 0 Å². The largest absolute Gasteiger partial charge is 0.392 e. The van der Waals surface area contributed by atoms with E-state index in [9.17, 15) is 4.79 Å². The highest BCUT2D eigenvalue weighted by atomic mass is 16.3. The summed E-state index contributed by atoms with van der Waals surface area (Å²) in [6, 6.07) is -0.628. The summed E-state index contributed by atoms with van der Waals surface area (Å²) in [4.78, 5) is 11.9. The Morgan fingerprint density at radius 1 is 1.33 bits per heavy atom. The number of nitrogens with zero attached hydrogens (tertiary/aromatic N) is 1. The molecule has 0 aromatic rings. The monoisotopic (exact) mass is 176 g/mol. The number of hydrogen-bond acceptors (Lipinski definition) is 3. The quantitative estimate of drug-likeness (QED) is 0.520. The molecule has 0 saturated heterocycles. The predicted molar refractivity (Wildman–Crippen MR) is 44.5 cm³/mol. The van der Waals surface area contributed by atoms with E-state index >= 15 is 0 Å². The van der Waals surface area contributed by atoms with Gasteiger partial charge in [0, 0.05) is 13.1 Å². The van der Waals surface area contributed by atoms with Crippen LogP contribution in [0.1, 0.15) is 13.8 Å². The molecule has 0 aliphatic heterocycles. The highest BCUT2D eigenvalue weighted by Gasteiger charge is 2.13. The molecule has 12 heavy (non-hydrogen) atoms. The summed E-state index contributed by atoms with van der Waals surface area (Å²) in [5, 5.41) is 17.9. The Morgan fingerprint density at radius 2 is 1.67 bits per heavy atom. The van der Waals surface area contributed by atoms with Crippen molar-refractivity contribution in [3.63, 3.8) is 0 Å². The summed E-state index contributed by atoms with van der Waals surface area (Å²) in [6.45, 7) is 3.41. The van der Waals surface area contributed by atoms with E-state index in [1.807, 2.05) is 0 Å². The van der Waals surface area contributed by atoms with Gasteiger partial charge in [0.1, 0.15) is 0 Å². The number of rotatable bonds is 4. The Labute approximate surface area is 71.8 Å². The molecule has 4 N–H and O–H groups in total. The molecule has 0 aromatic heterocycles. The molecule has 2 atom stereocenters. The van der Waals surface area contributed by atoms with Crippen LogP contribution in [0.3, 0.4) is 0 Å². The van der Waals surface area contributed by atoms with Gasteiger partial charge in [-0.25, -0.2) is 4.79 Å². The summed E-state index contributed by atoms with van der Waals surface area (Å²) in [5.74, 6) is 0. The summed E-state index contributed by atoms with van der Waals surface area (Å²) in [5.41, 5.74) is 5.00. The average molecular weight is 176 g/mol. The molecule has 0 aliphatic carbocycles. The van der Waals surface area contributed by atoms with Gasteiger partial charge in [-0.05, 0) is 13.8 Å². The highest BCUT2D eigenvalue weighted by molar-refractivity contribution is 5.72. The molecule has 0 spiro atoms. The summed E-state index contributed by atoms with van der Waals surface area (Å²) in [7, 11) is 0. The zero-order valence-corrected chi connectivity index (χ0v) is 7.40. The van der Waals surface area contributed by atoms with Crippen LogP contribution in [0.25, 0.3) is 0 Å². The molecule has 0 aromatic carbocycles. The van der Waals surface area contributed by atoms with E-state index in [1.165, 1.54) is 4.90 Å². The summed E-state index contributed by atoms with van der Waals surface area (Å²) >= 11 is 0. The maximum absolute atomic E-state index is 10.7. The smallest absolute Gasteiger partial charge is 0.314 e. The summed E-state index contributed by atoms with van der Waals surface area (Å²) in [6.07, 6.45) is -1.26. The third-order valence-corrected chi connectivity index (χ3v) is 1.28. The van der Waals surface area contributed by atoms with E-state index in [0.717, 1.165) is 0 Å². The van der Waals surface area contributed by atoms with Crippen molar-refractivity contribution in [3.05, 3.63) is 0 Å². The molecule has 0 rings (SSSR count). The van der Waals surface area contributed by atoms with Gasteiger partial charge in [-0.15, -0.1) is 0 Å². The lowest BCUT2D eigenvalue weighted by Crippen LogP contribution is -2.43. The first-order valence-corrected chi connectivity index (χ1v) is 3.84. The lowest BCUT2D eigenvalue weighted by molar-refractivity contribution is 0.0999. The minimum Gasteiger partial charge on any atom is -0.392 e. The lowest BCUT2D eigenvalue weighted by atomic mass is 10.3. The Bertz CT molecular complexity index is 138. The van der Waals surface area contributed by atoms with Crippen LogP contribution < -0.4 is 5.73 Å². The highest BCUT2D eigenvalue weighted by Crippen LogP contribution is 1.94. The summed E-state index contributed by atoms with van der Waals surface area (Å²) < 4.78 is 0. The Hall–Kier alpha value is -0.810. The fraction of sp³-hybridized carbons (Fsp3) is 0.857. The van der Waals surface area contributed by atoms with E-state index < -0.39 is 18.2 Å². The number of aliphatic hydroxyl groups is 2. The van der Waals surface area contributed by atoms with Crippen LogP contribution in [-0.4, -0.2) is 46.4 Å². The van der Waals surface area contributed by atoms with Gasteiger partial charge in [0.15, 0.2) is 0 Å². The van der Waals surface area contributed by atoms with Crippen LogP contribution in [0.4, 0.5) is 4.79 Å². The molecule has 0 radical (unpaired) electrons. The molecular formula is C7H16N2O3. The minimum absolute atomic E-state index is 0.153. The van der Waals surface area contributed by atoms with E-state index in [0.29, 0.717) is 0 Å². The lowest BCUT2D eigenvalue weighted by Gasteiger charge is -2.22. The first-order valence-electron chi connectivity index (χ1n) is 3.84. The van der Waals surface area contributed by atoms with Crippen molar-refractivity contribution in [1.29, 1.82) is 0 Å². The minimum atomic E-state index is -0.628. The van der Waals surface area contributed by atoms with Gasteiger partial charge >= 0.3 is 6.03 Å². The predicted octanol–water partition coefficient (Wildman–Crippen LogP) is -0.871. The van der Waals surface area contributed by atoms with Crippen LogP contribution >= 0.6 is 0 Å². The number of aliphatic hydroxyl groups excluding tert-OH is 2. The first-order chi connectivity index (χ1) is 5.43. The molecule has 5 heteroatoms. The molecule has 0 heterocycles. The normalized spacial score (nSPS) is 15.3. The van der Waals surface area contributed by atoms with Crippen molar-refractivity contribution >= 4 is 6.03 Å². The number of amides is 2. The zero-order chi connectivity index (χ0) is 9.72. The molecule has 2 unspecified atom stereocenters. The van der Waals surface area contributed by atoms with Crippen LogP contribution in [-0.2, 0) is 0 Å². The topological polar surface area (TPSA) is 86.8 Å². The average Bonchev–Trinajstić information content (AvgIpc) is 1.83. The van der Waals surface area contributed by atoms with Crippen LogP contribution in [0.5, 0.6) is 0 Å². The number of urea groups is 1. The molecule has 0 aliphatic rings. The van der Waals surface area contributed by atoms with Gasteiger partial charge in [0.2, 0.25) is 0 Å². The third kappa shape index (κ3) is 4.92. The third-order valence-electron chi connectivity index (χ3n) is 1.28. The van der Waals surface area contributed by atoms with Crippen molar-refractivity contribution in [2.24, 2.45) is 5.73 Å². The first kappa shape index (κ1) is 11.2. The van der Waals surface area contributed by atoms with Gasteiger partial charge in [0.25, 0.3) is 0 Å². The molecule has 5 nitrogen and oxygen atoms in total. The van der Waals surface area contributed by atoms with E-state index in [1.54, 1.807) is 13.8 Å². The molecule has 2 amide bonds. The fourth-order valence-corrected chi connectivity index (χ4v) is 0.892. The SMILES string of the molecule is CC(O)CN(CC(C)O)C(N)=O. The van der Waals surface area contributed by atoms with Crippen molar-refractivity contribution in [3.8, 4) is 0 Å². The second-order valence-corrected chi connectivity index (χ2v) is 2.94. The Kier molecular flexibility index (Phi) is 4.61. The van der Waals surface area contributed by atoms with Crippen LogP contribution in [0.15, 0.2) is 0 Å². The molecule has 72 valence electrons. The maximum atomic E-state index is 10.7. The van der Waals surface area contributed by atoms with Crippen molar-refractivity contribution in [1.82, 2.24) is 4.90 Å². The number of hydrogen-bond donors (Lipinski definition) is 3. The number of nitrogens with two attached hydrogens (primary N) is 1. The zero-order valence-electron chi connectivity index (χ0n) is 7.40. The molecule has 0 fully saturated rings. The number of primary amides is 1. The Morgan fingerprint density at radius 3 is 1.83 bits per heavy atom. The van der Waals surface area contributed by atoms with Crippen molar-refractivity contribution in [2.75, 3.05) is 13.1 Å². The second-order valence-electron chi connectivity index (χ2n) is 2.94. The van der Waals surface area contributed by atoms with Gasteiger partial charge in [-0.1, -0.05) is 0 Å². The standard InChI is InChI=1S/C7H16N2O3/c1-5(10)3-9(7(8)12)4-6(2)11/h5-6,10-11H,3-4H2,1-2H3,(H2,8,12). The second kappa shape index (κ2) is 4.95. The molecular weight excluding hydrogens is 160 g/mol. The number of carbonyl (C=O) groups is 1.